The summed E-state index contributed by atoms with van der Waals surface area (Å²) in [7, 11) is -4.10. The zero-order valence-electron chi connectivity index (χ0n) is 19.1. The summed E-state index contributed by atoms with van der Waals surface area (Å²) in [6.45, 7) is -0.147. The highest BCUT2D eigenvalue weighted by atomic mass is 32.2. The molecule has 0 aliphatic rings. The van der Waals surface area contributed by atoms with Crippen molar-refractivity contribution in [3.05, 3.63) is 81.5 Å². The smallest absolute Gasteiger partial charge is 0.339 e. The maximum atomic E-state index is 12.7. The molecule has 2 aromatic carbocycles. The van der Waals surface area contributed by atoms with Gasteiger partial charge in [-0.15, -0.1) is 11.3 Å². The van der Waals surface area contributed by atoms with Crippen LogP contribution >= 0.6 is 11.3 Å². The highest BCUT2D eigenvalue weighted by Crippen LogP contribution is 2.22. The fourth-order valence-electron chi connectivity index (χ4n) is 3.31. The number of ketones is 1. The van der Waals surface area contributed by atoms with Crippen LogP contribution in [0, 0.1) is 0 Å². The molecule has 37 heavy (non-hydrogen) atoms. The Labute approximate surface area is 215 Å². The van der Waals surface area contributed by atoms with E-state index in [4.69, 9.17) is 10.2 Å². The van der Waals surface area contributed by atoms with Crippen molar-refractivity contribution in [1.29, 1.82) is 0 Å². The Bertz CT molecular complexity index is 1430. The molecule has 0 aliphatic heterocycles. The summed E-state index contributed by atoms with van der Waals surface area (Å²) in [5.41, 5.74) is -0.289. The number of carboxylic acid groups (broad SMARTS) is 2. The number of benzene rings is 2. The van der Waals surface area contributed by atoms with Crippen LogP contribution in [0.3, 0.4) is 0 Å². The van der Waals surface area contributed by atoms with Crippen molar-refractivity contribution in [3.63, 3.8) is 0 Å². The van der Waals surface area contributed by atoms with Gasteiger partial charge in [0.25, 0.3) is 0 Å². The van der Waals surface area contributed by atoms with Crippen LogP contribution in [0.2, 0.25) is 0 Å². The molecule has 0 spiro atoms. The summed E-state index contributed by atoms with van der Waals surface area (Å²) >= 11 is 1.13. The summed E-state index contributed by atoms with van der Waals surface area (Å²) in [4.78, 5) is 48.3. The van der Waals surface area contributed by atoms with Crippen LogP contribution in [0.25, 0.3) is 0 Å². The monoisotopic (exact) mass is 546 g/mol. The first-order valence-corrected chi connectivity index (χ1v) is 13.0. The third kappa shape index (κ3) is 7.46. The molecule has 0 radical (unpaired) electrons. The van der Waals surface area contributed by atoms with Gasteiger partial charge in [0.15, 0.2) is 5.78 Å². The number of aliphatic carboxylic acids is 1. The second-order valence-electron chi connectivity index (χ2n) is 7.80. The topological polar surface area (TPSA) is 187 Å². The Kier molecular flexibility index (Phi) is 8.76. The van der Waals surface area contributed by atoms with E-state index in [9.17, 15) is 32.7 Å². The lowest BCUT2D eigenvalue weighted by molar-refractivity contribution is -0.137. The van der Waals surface area contributed by atoms with E-state index in [-0.39, 0.29) is 23.4 Å². The highest BCUT2D eigenvalue weighted by molar-refractivity contribution is 7.89. The fourth-order valence-corrected chi connectivity index (χ4v) is 5.39. The van der Waals surface area contributed by atoms with Gasteiger partial charge in [-0.25, -0.2) is 17.9 Å². The van der Waals surface area contributed by atoms with E-state index >= 15 is 0 Å². The van der Waals surface area contributed by atoms with Gasteiger partial charge in [0.1, 0.15) is 17.4 Å². The first-order chi connectivity index (χ1) is 17.5. The Morgan fingerprint density at radius 2 is 1.59 bits per heavy atom. The average Bonchev–Trinajstić information content (AvgIpc) is 3.29. The number of carbonyl (C=O) groups is 4. The van der Waals surface area contributed by atoms with Gasteiger partial charge in [-0.3, -0.25) is 14.4 Å². The first kappa shape index (κ1) is 27.5. The van der Waals surface area contributed by atoms with E-state index in [0.717, 1.165) is 29.5 Å². The molecule has 0 saturated carbocycles. The summed E-state index contributed by atoms with van der Waals surface area (Å²) in [6.07, 6.45) is -0.743. The third-order valence-electron chi connectivity index (χ3n) is 5.09. The predicted molar refractivity (Wildman–Crippen MR) is 132 cm³/mol. The molecule has 0 aliphatic carbocycles. The molecule has 0 fully saturated rings. The van der Waals surface area contributed by atoms with Crippen molar-refractivity contribution in [2.24, 2.45) is 0 Å². The van der Waals surface area contributed by atoms with Crippen LogP contribution in [0.15, 0.2) is 65.6 Å². The number of rotatable bonds is 12. The van der Waals surface area contributed by atoms with E-state index in [0.29, 0.717) is 9.75 Å². The number of carbonyl (C=O) groups excluding carboxylic acids is 2. The second-order valence-corrected chi connectivity index (χ2v) is 10.8. The van der Waals surface area contributed by atoms with Gasteiger partial charge in [-0.1, -0.05) is 30.3 Å². The Balaban J connectivity index is 1.62. The van der Waals surface area contributed by atoms with Crippen molar-refractivity contribution in [2.75, 3.05) is 0 Å². The largest absolute Gasteiger partial charge is 0.507 e. The van der Waals surface area contributed by atoms with Crippen molar-refractivity contribution < 1.29 is 42.9 Å². The molecule has 0 unspecified atom stereocenters. The molecule has 1 heterocycles. The number of phenols is 1. The molecule has 0 bridgehead atoms. The SMILES string of the molecule is O=C(O)C[C@H](NC(=O)Cc1ccc(CNS(=O)(=O)c2ccc(O)c(C(=O)O)c2)s1)C(=O)c1ccccc1. The third-order valence-corrected chi connectivity index (χ3v) is 7.57. The minimum Gasteiger partial charge on any atom is -0.507 e. The number of sulfonamides is 1. The quantitative estimate of drug-likeness (QED) is 0.212. The number of hydrogen-bond acceptors (Lipinski definition) is 8. The van der Waals surface area contributed by atoms with Crippen molar-refractivity contribution in [3.8, 4) is 5.75 Å². The van der Waals surface area contributed by atoms with Gasteiger partial charge in [-0.05, 0) is 30.3 Å². The lowest BCUT2D eigenvalue weighted by atomic mass is 10.0. The van der Waals surface area contributed by atoms with Crippen LogP contribution in [0.1, 0.15) is 36.9 Å². The normalized spacial score (nSPS) is 12.0. The number of aromatic hydroxyl groups is 1. The average molecular weight is 547 g/mol. The van der Waals surface area contributed by atoms with Gasteiger partial charge in [-0.2, -0.15) is 0 Å². The van der Waals surface area contributed by atoms with Crippen molar-refractivity contribution in [2.45, 2.75) is 30.3 Å². The standard InChI is InChI=1S/C24H22N2O9S2/c27-20-9-8-17(11-18(20)24(32)33)37(34,35)25-13-16-7-6-15(36-16)10-21(28)26-19(12-22(29)30)23(31)14-4-2-1-3-5-14/h1-9,11,19,25,27H,10,12-13H2,(H,26,28)(H,29,30)(H,32,33)/t19-/m0/s1. The van der Waals surface area contributed by atoms with Gasteiger partial charge in [0, 0.05) is 21.9 Å². The zero-order chi connectivity index (χ0) is 27.2. The number of carboxylic acids is 2. The van der Waals surface area contributed by atoms with Crippen LogP contribution in [-0.2, 0) is 32.6 Å². The lowest BCUT2D eigenvalue weighted by Crippen LogP contribution is -2.43. The minimum absolute atomic E-state index is 0.147. The zero-order valence-corrected chi connectivity index (χ0v) is 20.7. The lowest BCUT2D eigenvalue weighted by Gasteiger charge is -2.15. The minimum atomic E-state index is -4.10. The van der Waals surface area contributed by atoms with Crippen LogP contribution in [0.5, 0.6) is 5.75 Å². The number of hydrogen-bond donors (Lipinski definition) is 5. The Morgan fingerprint density at radius 3 is 2.24 bits per heavy atom. The van der Waals surface area contributed by atoms with E-state index in [1.165, 1.54) is 12.1 Å². The number of nitrogens with one attached hydrogen (secondary N) is 2. The molecular weight excluding hydrogens is 524 g/mol. The molecule has 11 nitrogen and oxygen atoms in total. The van der Waals surface area contributed by atoms with E-state index in [2.05, 4.69) is 10.0 Å². The van der Waals surface area contributed by atoms with Gasteiger partial charge < -0.3 is 20.6 Å². The molecule has 194 valence electrons. The molecule has 1 amide bonds. The Morgan fingerprint density at radius 1 is 0.919 bits per heavy atom. The van der Waals surface area contributed by atoms with Crippen LogP contribution < -0.4 is 10.0 Å². The summed E-state index contributed by atoms with van der Waals surface area (Å²) in [5.74, 6) is -4.40. The number of aromatic carboxylic acids is 1. The maximum Gasteiger partial charge on any atom is 0.339 e. The van der Waals surface area contributed by atoms with Crippen LogP contribution in [0.4, 0.5) is 0 Å². The molecule has 1 aromatic heterocycles. The molecular formula is C24H22N2O9S2. The fraction of sp³-hybridized carbons (Fsp3) is 0.167. The van der Waals surface area contributed by atoms with E-state index < -0.39 is 57.4 Å². The van der Waals surface area contributed by atoms with Crippen molar-refractivity contribution in [1.82, 2.24) is 10.0 Å². The van der Waals surface area contributed by atoms with Crippen LogP contribution in [-0.4, -0.2) is 53.4 Å². The summed E-state index contributed by atoms with van der Waals surface area (Å²) in [6, 6.07) is 12.8. The molecule has 5 N–H and O–H groups in total. The summed E-state index contributed by atoms with van der Waals surface area (Å²) in [5, 5.41) is 30.2. The van der Waals surface area contributed by atoms with Gasteiger partial charge >= 0.3 is 11.9 Å². The summed E-state index contributed by atoms with van der Waals surface area (Å²) < 4.78 is 27.4. The number of thiophene rings is 1. The van der Waals surface area contributed by atoms with Gasteiger partial charge in [0.2, 0.25) is 15.9 Å². The van der Waals surface area contributed by atoms with Crippen molar-refractivity contribution >= 4 is 45.0 Å². The molecule has 13 heteroatoms. The maximum absolute atomic E-state index is 12.7. The van der Waals surface area contributed by atoms with E-state index in [1.807, 2.05) is 0 Å². The number of Topliss-reactive ketones (excluding diaryl/α,β-unsaturated/α-hetero) is 1. The van der Waals surface area contributed by atoms with E-state index in [1.54, 1.807) is 30.3 Å². The second kappa shape index (κ2) is 11.8. The molecule has 0 saturated heterocycles. The molecule has 3 aromatic rings. The van der Waals surface area contributed by atoms with Gasteiger partial charge in [0.05, 0.1) is 17.7 Å². The number of amides is 1. The predicted octanol–water partition coefficient (Wildman–Crippen LogP) is 2.02. The highest BCUT2D eigenvalue weighted by Gasteiger charge is 2.25. The Hall–Kier alpha value is -4.07. The molecule has 1 atom stereocenters. The molecule has 3 rings (SSSR count). The first-order valence-electron chi connectivity index (χ1n) is 10.7.